The number of hydrogen-bond donors (Lipinski definition) is 0. The summed E-state index contributed by atoms with van der Waals surface area (Å²) in [6.07, 6.45) is 90.7. The third-order valence-electron chi connectivity index (χ3n) is 13.7. The highest BCUT2D eigenvalue weighted by atomic mass is 16.6. The first kappa shape index (κ1) is 73.8. The van der Waals surface area contributed by atoms with Crippen molar-refractivity contribution in [2.24, 2.45) is 0 Å². The van der Waals surface area contributed by atoms with Crippen LogP contribution in [0, 0.1) is 0 Å². The summed E-state index contributed by atoms with van der Waals surface area (Å²) in [6.45, 7) is 6.48. The number of hydrogen-bond acceptors (Lipinski definition) is 6. The molecule has 0 aliphatic rings. The van der Waals surface area contributed by atoms with Gasteiger partial charge in [-0.3, -0.25) is 14.4 Å². The zero-order chi connectivity index (χ0) is 56.4. The molecule has 0 bridgehead atoms. The first-order valence-corrected chi connectivity index (χ1v) is 32.5. The summed E-state index contributed by atoms with van der Waals surface area (Å²) in [7, 11) is 0. The molecule has 0 heterocycles. The van der Waals surface area contributed by atoms with Gasteiger partial charge < -0.3 is 14.2 Å². The zero-order valence-corrected chi connectivity index (χ0v) is 50.9. The maximum Gasteiger partial charge on any atom is 0.306 e. The number of carbonyl (C=O) groups excluding carboxylic acids is 3. The number of carbonyl (C=O) groups is 3. The molecule has 0 N–H and O–H groups in total. The molecule has 78 heavy (non-hydrogen) atoms. The molecule has 0 aliphatic heterocycles. The molecule has 0 saturated heterocycles. The lowest BCUT2D eigenvalue weighted by atomic mass is 10.1. The molecule has 1 atom stereocenters. The smallest absolute Gasteiger partial charge is 0.306 e. The van der Waals surface area contributed by atoms with E-state index in [4.69, 9.17) is 14.2 Å². The van der Waals surface area contributed by atoms with Gasteiger partial charge >= 0.3 is 17.9 Å². The Morgan fingerprint density at radius 3 is 0.782 bits per heavy atom. The summed E-state index contributed by atoms with van der Waals surface area (Å²) >= 11 is 0. The molecule has 1 unspecified atom stereocenters. The van der Waals surface area contributed by atoms with Crippen LogP contribution in [0.25, 0.3) is 0 Å². The summed E-state index contributed by atoms with van der Waals surface area (Å²) in [6, 6.07) is 0. The predicted molar refractivity (Wildman–Crippen MR) is 339 cm³/mol. The highest BCUT2D eigenvalue weighted by molar-refractivity contribution is 5.71. The first-order valence-electron chi connectivity index (χ1n) is 32.5. The van der Waals surface area contributed by atoms with Gasteiger partial charge in [0.15, 0.2) is 6.10 Å². The Hall–Kier alpha value is -4.19. The molecule has 444 valence electrons. The molecule has 0 rings (SSSR count). The number of unbranched alkanes of at least 4 members (excludes halogenated alkanes) is 27. The third-order valence-corrected chi connectivity index (χ3v) is 13.7. The van der Waals surface area contributed by atoms with Gasteiger partial charge in [0.1, 0.15) is 13.2 Å². The first-order chi connectivity index (χ1) is 38.5. The van der Waals surface area contributed by atoms with Crippen LogP contribution in [0.1, 0.15) is 297 Å². The molecule has 0 spiro atoms. The van der Waals surface area contributed by atoms with E-state index in [1.165, 1.54) is 128 Å². The largest absolute Gasteiger partial charge is 0.462 e. The van der Waals surface area contributed by atoms with Gasteiger partial charge in [-0.05, 0) is 116 Å². The Labute approximate surface area is 482 Å². The Morgan fingerprint density at radius 1 is 0.269 bits per heavy atom. The van der Waals surface area contributed by atoms with Crippen molar-refractivity contribution < 1.29 is 28.6 Å². The summed E-state index contributed by atoms with van der Waals surface area (Å²) in [5, 5.41) is 0. The SMILES string of the molecule is CC/C=C\C/C=C\C/C=C\C/C=C\C/C=C\C/C=C\C/C=C\CCCCCCCCCC(=O)OCC(COC(=O)CCCCCCCCCC)OC(=O)CCCCCCCCCC/C=C\C/C=C\C/C=C\CCCCCCC. The fourth-order valence-corrected chi connectivity index (χ4v) is 8.84. The van der Waals surface area contributed by atoms with Crippen LogP contribution in [0.15, 0.2) is 122 Å². The van der Waals surface area contributed by atoms with Crippen molar-refractivity contribution in [2.45, 2.75) is 303 Å². The number of ether oxygens (including phenoxy) is 3. The minimum atomic E-state index is -0.788. The van der Waals surface area contributed by atoms with Gasteiger partial charge in [-0.2, -0.15) is 0 Å². The molecule has 6 heteroatoms. The molecule has 0 aromatic heterocycles. The van der Waals surface area contributed by atoms with Crippen LogP contribution in [-0.4, -0.2) is 37.2 Å². The number of rotatable bonds is 58. The molecule has 0 saturated carbocycles. The van der Waals surface area contributed by atoms with Gasteiger partial charge in [0.2, 0.25) is 0 Å². The predicted octanol–water partition coefficient (Wildman–Crippen LogP) is 22.4. The maximum absolute atomic E-state index is 12.9. The van der Waals surface area contributed by atoms with E-state index in [0.29, 0.717) is 19.3 Å². The normalized spacial score (nSPS) is 12.9. The number of allylic oxidation sites excluding steroid dienone is 20. The van der Waals surface area contributed by atoms with Crippen molar-refractivity contribution in [1.29, 1.82) is 0 Å². The van der Waals surface area contributed by atoms with E-state index < -0.39 is 6.10 Å². The lowest BCUT2D eigenvalue weighted by Crippen LogP contribution is -2.30. The van der Waals surface area contributed by atoms with E-state index in [0.717, 1.165) is 128 Å². The molecule has 0 radical (unpaired) electrons. The molecule has 0 aromatic rings. The zero-order valence-electron chi connectivity index (χ0n) is 50.9. The molecular weight excluding hydrogens is 961 g/mol. The summed E-state index contributed by atoms with van der Waals surface area (Å²) in [5.74, 6) is -0.904. The van der Waals surface area contributed by atoms with Crippen molar-refractivity contribution in [1.82, 2.24) is 0 Å². The average Bonchev–Trinajstić information content (AvgIpc) is 3.44. The molecule has 0 aromatic carbocycles. The van der Waals surface area contributed by atoms with Gasteiger partial charge in [-0.25, -0.2) is 0 Å². The van der Waals surface area contributed by atoms with Crippen LogP contribution in [0.2, 0.25) is 0 Å². The van der Waals surface area contributed by atoms with E-state index in [9.17, 15) is 14.4 Å². The fraction of sp³-hybridized carbons (Fsp3) is 0.681. The van der Waals surface area contributed by atoms with Crippen LogP contribution >= 0.6 is 0 Å². The quantitative estimate of drug-likeness (QED) is 0.0261. The van der Waals surface area contributed by atoms with E-state index >= 15 is 0 Å². The van der Waals surface area contributed by atoms with Crippen molar-refractivity contribution in [3.63, 3.8) is 0 Å². The lowest BCUT2D eigenvalue weighted by molar-refractivity contribution is -0.167. The van der Waals surface area contributed by atoms with E-state index in [-0.39, 0.29) is 31.1 Å². The highest BCUT2D eigenvalue weighted by Gasteiger charge is 2.19. The van der Waals surface area contributed by atoms with Gasteiger partial charge in [0.25, 0.3) is 0 Å². The molecule has 0 amide bonds. The van der Waals surface area contributed by atoms with Crippen molar-refractivity contribution in [3.8, 4) is 0 Å². The van der Waals surface area contributed by atoms with Crippen molar-refractivity contribution >= 4 is 17.9 Å². The second-order valence-corrected chi connectivity index (χ2v) is 21.3. The second kappa shape index (κ2) is 65.3. The summed E-state index contributed by atoms with van der Waals surface area (Å²) in [5.41, 5.74) is 0. The van der Waals surface area contributed by atoms with Crippen LogP contribution in [0.3, 0.4) is 0 Å². The lowest BCUT2D eigenvalue weighted by Gasteiger charge is -2.18. The number of esters is 3. The maximum atomic E-state index is 12.9. The van der Waals surface area contributed by atoms with Crippen molar-refractivity contribution in [3.05, 3.63) is 122 Å². The second-order valence-electron chi connectivity index (χ2n) is 21.3. The summed E-state index contributed by atoms with van der Waals surface area (Å²) < 4.78 is 16.9. The van der Waals surface area contributed by atoms with Gasteiger partial charge in [0.05, 0.1) is 0 Å². The van der Waals surface area contributed by atoms with Crippen LogP contribution < -0.4 is 0 Å². The minimum Gasteiger partial charge on any atom is -0.462 e. The third kappa shape index (κ3) is 62.7. The fourth-order valence-electron chi connectivity index (χ4n) is 8.84. The van der Waals surface area contributed by atoms with Crippen molar-refractivity contribution in [2.75, 3.05) is 13.2 Å². The topological polar surface area (TPSA) is 78.9 Å². The van der Waals surface area contributed by atoms with Gasteiger partial charge in [-0.15, -0.1) is 0 Å². The Morgan fingerprint density at radius 2 is 0.500 bits per heavy atom. The van der Waals surface area contributed by atoms with E-state index in [1.807, 2.05) is 0 Å². The molecule has 6 nitrogen and oxygen atoms in total. The molecular formula is C72H120O6. The standard InChI is InChI=1S/C72H120O6/c1-4-7-10-13-16-19-21-23-25-27-29-31-33-34-35-36-37-38-40-41-43-45-47-49-51-53-56-59-62-65-71(74)77-68-69(67-76-70(73)64-61-58-55-18-15-12-9-6-3)78-72(75)66-63-60-57-54-52-50-48-46-44-42-39-32-30-28-26-24-22-20-17-14-11-8-5-2/h7,10,16,19,22-25,28-31,34-35,37-39,41-43,69H,4-6,8-9,11-15,17-18,20-21,26-27,32-33,36,40,44-68H2,1-3H3/b10-7-,19-16-,24-22-,25-23-,30-28-,31-29-,35-34-,38-37-,42-39-,43-41-. The minimum absolute atomic E-state index is 0.0851. The average molecular weight is 1080 g/mol. The Bertz CT molecular complexity index is 1620. The monoisotopic (exact) mass is 1080 g/mol. The van der Waals surface area contributed by atoms with E-state index in [2.05, 4.69) is 142 Å². The molecule has 0 fully saturated rings. The van der Waals surface area contributed by atoms with E-state index in [1.54, 1.807) is 0 Å². The van der Waals surface area contributed by atoms with Crippen LogP contribution in [-0.2, 0) is 28.6 Å². The highest BCUT2D eigenvalue weighted by Crippen LogP contribution is 2.15. The van der Waals surface area contributed by atoms with Gasteiger partial charge in [-0.1, -0.05) is 284 Å². The Balaban J connectivity index is 4.24. The van der Waals surface area contributed by atoms with Crippen LogP contribution in [0.5, 0.6) is 0 Å². The molecule has 0 aliphatic carbocycles. The van der Waals surface area contributed by atoms with Gasteiger partial charge in [0, 0.05) is 19.3 Å². The van der Waals surface area contributed by atoms with Crippen LogP contribution in [0.4, 0.5) is 0 Å². The summed E-state index contributed by atoms with van der Waals surface area (Å²) in [4.78, 5) is 38.2. The Kier molecular flexibility index (Phi) is 61.8.